The Bertz CT molecular complexity index is 898. The Labute approximate surface area is 159 Å². The molecule has 0 spiro atoms. The summed E-state index contributed by atoms with van der Waals surface area (Å²) in [6, 6.07) is 16.6. The number of anilines is 1. The molecule has 0 saturated carbocycles. The number of pyridine rings is 1. The van der Waals surface area contributed by atoms with Crippen LogP contribution in [0.1, 0.15) is 22.7 Å². The van der Waals surface area contributed by atoms with Crippen molar-refractivity contribution >= 4 is 46.0 Å². The van der Waals surface area contributed by atoms with Crippen molar-refractivity contribution in [1.29, 1.82) is 0 Å². The molecule has 0 aliphatic carbocycles. The van der Waals surface area contributed by atoms with Crippen LogP contribution >= 0.6 is 35.2 Å². The van der Waals surface area contributed by atoms with Gasteiger partial charge in [0, 0.05) is 16.8 Å². The highest BCUT2D eigenvalue weighted by molar-refractivity contribution is 7.80. The van der Waals surface area contributed by atoms with Gasteiger partial charge >= 0.3 is 0 Å². The van der Waals surface area contributed by atoms with Gasteiger partial charge in [-0.05, 0) is 60.7 Å². The van der Waals surface area contributed by atoms with Crippen molar-refractivity contribution in [1.82, 2.24) is 10.3 Å². The molecule has 2 N–H and O–H groups in total. The molecule has 1 fully saturated rings. The van der Waals surface area contributed by atoms with Crippen LogP contribution in [0, 0.1) is 0 Å². The fraction of sp³-hybridized carbons (Fsp3) is 0.111. The number of phenolic OH excluding ortho intramolecular Hbond substituents is 1. The summed E-state index contributed by atoms with van der Waals surface area (Å²) in [5.74, 6) is 0.221. The Kier molecular flexibility index (Phi) is 4.33. The Morgan fingerprint density at radius 1 is 1.12 bits per heavy atom. The molecule has 0 radical (unpaired) electrons. The zero-order chi connectivity index (χ0) is 17.4. The number of thiocarbonyl (C=S) groups is 1. The number of aromatic hydroxyl groups is 1. The lowest BCUT2D eigenvalue weighted by molar-refractivity contribution is 0.475. The second-order valence-corrected chi connectivity index (χ2v) is 7.79. The number of phenols is 1. The number of hydrogen-bond donors (Lipinski definition) is 2. The van der Waals surface area contributed by atoms with Gasteiger partial charge in [-0.1, -0.05) is 17.7 Å². The lowest BCUT2D eigenvalue weighted by Gasteiger charge is -2.26. The molecule has 1 saturated heterocycles. The molecule has 1 aromatic carbocycles. The van der Waals surface area contributed by atoms with Gasteiger partial charge in [0.2, 0.25) is 0 Å². The van der Waals surface area contributed by atoms with Gasteiger partial charge in [-0.25, -0.2) is 0 Å². The monoisotopic (exact) mass is 387 g/mol. The van der Waals surface area contributed by atoms with Gasteiger partial charge in [0.25, 0.3) is 0 Å². The fourth-order valence-corrected chi connectivity index (χ4v) is 4.56. The number of nitrogens with zero attached hydrogens (tertiary/aromatic N) is 2. The third-order valence-electron chi connectivity index (χ3n) is 4.11. The molecule has 7 heteroatoms. The largest absolute Gasteiger partial charge is 0.508 e. The summed E-state index contributed by atoms with van der Waals surface area (Å²) in [5.41, 5.74) is 1.82. The van der Waals surface area contributed by atoms with Crippen LogP contribution in [-0.2, 0) is 0 Å². The van der Waals surface area contributed by atoms with Crippen LogP contribution in [0.15, 0.2) is 60.8 Å². The number of rotatable bonds is 3. The number of thiophene rings is 1. The van der Waals surface area contributed by atoms with Gasteiger partial charge in [-0.3, -0.25) is 4.98 Å². The topological polar surface area (TPSA) is 48.4 Å². The summed E-state index contributed by atoms with van der Waals surface area (Å²) in [6.45, 7) is 0. The van der Waals surface area contributed by atoms with Crippen molar-refractivity contribution in [2.75, 3.05) is 4.90 Å². The molecule has 4 nitrogen and oxygen atoms in total. The Morgan fingerprint density at radius 2 is 1.92 bits per heavy atom. The SMILES string of the molecule is Oc1ccc(N2C(=S)N[C@H](c3ccccn3)[C@@H]2c2ccc(Cl)s2)cc1. The Balaban J connectivity index is 1.81. The highest BCUT2D eigenvalue weighted by Crippen LogP contribution is 2.44. The van der Waals surface area contributed by atoms with Crippen LogP contribution in [-0.4, -0.2) is 15.2 Å². The van der Waals surface area contributed by atoms with E-state index >= 15 is 0 Å². The molecule has 3 heterocycles. The van der Waals surface area contributed by atoms with Crippen molar-refractivity contribution in [3.8, 4) is 5.75 Å². The maximum Gasteiger partial charge on any atom is 0.174 e. The molecule has 0 bridgehead atoms. The van der Waals surface area contributed by atoms with E-state index in [1.165, 1.54) is 11.3 Å². The van der Waals surface area contributed by atoms with Crippen LogP contribution in [0.3, 0.4) is 0 Å². The van der Waals surface area contributed by atoms with Gasteiger partial charge < -0.3 is 15.3 Å². The van der Waals surface area contributed by atoms with E-state index in [4.69, 9.17) is 23.8 Å². The first-order valence-corrected chi connectivity index (χ1v) is 9.28. The highest BCUT2D eigenvalue weighted by atomic mass is 35.5. The van der Waals surface area contributed by atoms with Crippen LogP contribution < -0.4 is 10.2 Å². The molecule has 0 unspecified atom stereocenters. The molecule has 3 aromatic rings. The second-order valence-electron chi connectivity index (χ2n) is 5.65. The molecule has 126 valence electrons. The maximum absolute atomic E-state index is 9.59. The minimum Gasteiger partial charge on any atom is -0.508 e. The summed E-state index contributed by atoms with van der Waals surface area (Å²) in [6.07, 6.45) is 1.78. The van der Waals surface area contributed by atoms with E-state index in [1.807, 2.05) is 42.5 Å². The molecule has 1 aliphatic heterocycles. The second kappa shape index (κ2) is 6.63. The van der Waals surface area contributed by atoms with Crippen LogP contribution in [0.25, 0.3) is 0 Å². The summed E-state index contributed by atoms with van der Waals surface area (Å²) in [7, 11) is 0. The van der Waals surface area contributed by atoms with Gasteiger partial charge in [0.1, 0.15) is 5.75 Å². The van der Waals surface area contributed by atoms with E-state index < -0.39 is 0 Å². The fourth-order valence-electron chi connectivity index (χ4n) is 3.02. The molecule has 2 atom stereocenters. The van der Waals surface area contributed by atoms with E-state index in [0.717, 1.165) is 20.6 Å². The number of benzene rings is 1. The molecule has 25 heavy (non-hydrogen) atoms. The normalized spacial score (nSPS) is 19.9. The number of aromatic nitrogens is 1. The molecule has 1 aliphatic rings. The summed E-state index contributed by atoms with van der Waals surface area (Å²) in [5, 5.41) is 13.6. The van der Waals surface area contributed by atoms with E-state index in [0.29, 0.717) is 5.11 Å². The van der Waals surface area contributed by atoms with Crippen molar-refractivity contribution in [2.24, 2.45) is 0 Å². The highest BCUT2D eigenvalue weighted by Gasteiger charge is 2.41. The number of nitrogens with one attached hydrogen (secondary N) is 1. The smallest absolute Gasteiger partial charge is 0.174 e. The third kappa shape index (κ3) is 3.08. The van der Waals surface area contributed by atoms with Gasteiger partial charge in [0.15, 0.2) is 5.11 Å². The molecule has 2 aromatic heterocycles. The lowest BCUT2D eigenvalue weighted by atomic mass is 10.0. The first-order chi connectivity index (χ1) is 12.1. The molecular formula is C18H14ClN3OS2. The summed E-state index contributed by atoms with van der Waals surface area (Å²) < 4.78 is 0.734. The number of halogens is 1. The minimum atomic E-state index is -0.0859. The van der Waals surface area contributed by atoms with E-state index in [-0.39, 0.29) is 17.8 Å². The van der Waals surface area contributed by atoms with Crippen molar-refractivity contribution < 1.29 is 5.11 Å². The Morgan fingerprint density at radius 3 is 2.56 bits per heavy atom. The first-order valence-electron chi connectivity index (χ1n) is 7.68. The van der Waals surface area contributed by atoms with E-state index in [2.05, 4.69) is 15.2 Å². The average Bonchev–Trinajstić information content (AvgIpc) is 3.20. The van der Waals surface area contributed by atoms with Crippen LogP contribution in [0.2, 0.25) is 4.34 Å². The van der Waals surface area contributed by atoms with Gasteiger partial charge in [-0.2, -0.15) is 0 Å². The predicted molar refractivity (Wildman–Crippen MR) is 105 cm³/mol. The van der Waals surface area contributed by atoms with Crippen molar-refractivity contribution in [2.45, 2.75) is 12.1 Å². The summed E-state index contributed by atoms with van der Waals surface area (Å²) in [4.78, 5) is 7.65. The number of hydrogen-bond acceptors (Lipinski definition) is 4. The lowest BCUT2D eigenvalue weighted by Crippen LogP contribution is -2.28. The average molecular weight is 388 g/mol. The molecular weight excluding hydrogens is 374 g/mol. The third-order valence-corrected chi connectivity index (χ3v) is 5.73. The van der Waals surface area contributed by atoms with E-state index in [1.54, 1.807) is 18.3 Å². The summed E-state index contributed by atoms with van der Waals surface area (Å²) >= 11 is 13.3. The van der Waals surface area contributed by atoms with Gasteiger partial charge in [-0.15, -0.1) is 11.3 Å². The van der Waals surface area contributed by atoms with Gasteiger partial charge in [0.05, 0.1) is 22.1 Å². The standard InChI is InChI=1S/C18H14ClN3OS2/c19-15-9-8-14(25-15)17-16(13-3-1-2-10-20-13)21-18(24)22(17)11-4-6-12(23)7-5-11/h1-10,16-17,23H,(H,21,24)/t16-,17+/m1/s1. The van der Waals surface area contributed by atoms with E-state index in [9.17, 15) is 5.11 Å². The quantitative estimate of drug-likeness (QED) is 0.639. The minimum absolute atomic E-state index is 0.0653. The Hall–Kier alpha value is -2.15. The maximum atomic E-state index is 9.59. The zero-order valence-corrected chi connectivity index (χ0v) is 15.4. The molecule has 4 rings (SSSR count). The predicted octanol–water partition coefficient (Wildman–Crippen LogP) is 4.68. The van der Waals surface area contributed by atoms with Crippen LogP contribution in [0.4, 0.5) is 5.69 Å². The van der Waals surface area contributed by atoms with Crippen molar-refractivity contribution in [3.05, 3.63) is 75.7 Å². The van der Waals surface area contributed by atoms with Crippen LogP contribution in [0.5, 0.6) is 5.75 Å². The zero-order valence-electron chi connectivity index (χ0n) is 13.0. The molecule has 0 amide bonds. The van der Waals surface area contributed by atoms with Crippen molar-refractivity contribution in [3.63, 3.8) is 0 Å². The first kappa shape index (κ1) is 16.3.